The predicted molar refractivity (Wildman–Crippen MR) is 55.3 cm³/mol. The Morgan fingerprint density at radius 2 is 2.31 bits per heavy atom. The maximum absolute atomic E-state index is 5.86. The summed E-state index contributed by atoms with van der Waals surface area (Å²) in [5.74, 6) is 0.914. The molecule has 0 aromatic rings. The Bertz CT molecular complexity index is 245. The molecule has 2 N–H and O–H groups in total. The summed E-state index contributed by atoms with van der Waals surface area (Å²) in [7, 11) is 3.87. The van der Waals surface area contributed by atoms with E-state index >= 15 is 0 Å². The molecule has 1 rings (SSSR count). The van der Waals surface area contributed by atoms with Crippen molar-refractivity contribution >= 4 is 17.9 Å². The van der Waals surface area contributed by atoms with E-state index in [1.807, 2.05) is 31.1 Å². The monoisotopic (exact) mass is 200 g/mol. The molecular weight excluding hydrogens is 188 g/mol. The average Bonchev–Trinajstić information content (AvgIpc) is 2.16. The van der Waals surface area contributed by atoms with Crippen molar-refractivity contribution in [2.75, 3.05) is 14.1 Å². The van der Waals surface area contributed by atoms with Crippen LogP contribution in [0, 0.1) is 0 Å². The van der Waals surface area contributed by atoms with E-state index in [1.165, 1.54) is 0 Å². The van der Waals surface area contributed by atoms with Crippen molar-refractivity contribution in [2.24, 2.45) is 4.99 Å². The highest BCUT2D eigenvalue weighted by molar-refractivity contribution is 6.20. The van der Waals surface area contributed by atoms with Gasteiger partial charge in [0, 0.05) is 20.3 Å². The highest BCUT2D eigenvalue weighted by Gasteiger charge is 2.04. The lowest BCUT2D eigenvalue weighted by Crippen LogP contribution is -2.30. The minimum Gasteiger partial charge on any atom is -0.364 e. The Labute approximate surface area is 83.0 Å². The van der Waals surface area contributed by atoms with Crippen molar-refractivity contribution in [2.45, 2.75) is 5.62 Å². The fourth-order valence-electron chi connectivity index (χ4n) is 0.832. The molecule has 0 saturated carbocycles. The Morgan fingerprint density at radius 3 is 3.00 bits per heavy atom. The number of nitrogens with one attached hydrogen (secondary N) is 2. The van der Waals surface area contributed by atoms with Crippen LogP contribution in [-0.2, 0) is 0 Å². The summed E-state index contributed by atoms with van der Waals surface area (Å²) in [4.78, 5) is 5.91. The standard InChI is InChI=1S/C8H13ClN4/c1-13(2)7-4-3-5-10-6-11-8(9)12-7/h3-6,8,12H,1-2H3,(H,10,11)/b5-3-,7-4-. The number of halogens is 1. The Hall–Kier alpha value is -1.16. The van der Waals surface area contributed by atoms with E-state index in [0.717, 1.165) is 5.82 Å². The van der Waals surface area contributed by atoms with Crippen LogP contribution < -0.4 is 10.6 Å². The van der Waals surface area contributed by atoms with Crippen LogP contribution in [0.3, 0.4) is 0 Å². The van der Waals surface area contributed by atoms with Gasteiger partial charge in [0.1, 0.15) is 5.82 Å². The molecule has 1 aliphatic heterocycles. The van der Waals surface area contributed by atoms with Crippen LogP contribution in [0.1, 0.15) is 0 Å². The van der Waals surface area contributed by atoms with Crippen molar-refractivity contribution in [3.05, 3.63) is 24.2 Å². The summed E-state index contributed by atoms with van der Waals surface area (Å²) in [5.41, 5.74) is -0.443. The van der Waals surface area contributed by atoms with Crippen LogP contribution in [0.4, 0.5) is 0 Å². The van der Waals surface area contributed by atoms with Crippen LogP contribution >= 0.6 is 11.6 Å². The fraction of sp³-hybridized carbons (Fsp3) is 0.375. The molecule has 0 fully saturated rings. The Kier molecular flexibility index (Phi) is 3.64. The number of hydrogen-bond donors (Lipinski definition) is 2. The van der Waals surface area contributed by atoms with Gasteiger partial charge in [0.05, 0.1) is 6.34 Å². The molecule has 0 bridgehead atoms. The third-order valence-electron chi connectivity index (χ3n) is 1.48. The summed E-state index contributed by atoms with van der Waals surface area (Å²) >= 11 is 5.86. The SMILES string of the molecule is CN(C)/C1=C\C=C/NC=NC(Cl)N1. The molecule has 72 valence electrons. The Morgan fingerprint density at radius 1 is 1.54 bits per heavy atom. The van der Waals surface area contributed by atoms with Gasteiger partial charge in [-0.05, 0) is 12.2 Å². The minimum absolute atomic E-state index is 0.443. The molecule has 0 aromatic carbocycles. The second-order valence-corrected chi connectivity index (χ2v) is 3.14. The van der Waals surface area contributed by atoms with E-state index in [2.05, 4.69) is 15.6 Å². The molecule has 0 amide bonds. The van der Waals surface area contributed by atoms with E-state index < -0.39 is 5.62 Å². The molecule has 0 aromatic heterocycles. The first kappa shape index (κ1) is 9.92. The molecule has 5 heteroatoms. The lowest BCUT2D eigenvalue weighted by Gasteiger charge is -2.19. The summed E-state index contributed by atoms with van der Waals surface area (Å²) in [5, 5.41) is 5.88. The van der Waals surface area contributed by atoms with Gasteiger partial charge in [0.2, 0.25) is 0 Å². The fourth-order valence-corrected chi connectivity index (χ4v) is 1.00. The second-order valence-electron chi connectivity index (χ2n) is 2.73. The van der Waals surface area contributed by atoms with E-state index in [4.69, 9.17) is 11.6 Å². The van der Waals surface area contributed by atoms with Crippen molar-refractivity contribution in [1.82, 2.24) is 15.5 Å². The molecule has 0 radical (unpaired) electrons. The minimum atomic E-state index is -0.443. The number of rotatable bonds is 1. The lowest BCUT2D eigenvalue weighted by molar-refractivity contribution is 0.455. The maximum atomic E-state index is 5.86. The number of hydrogen-bond acceptors (Lipinski definition) is 4. The van der Waals surface area contributed by atoms with Gasteiger partial charge in [0.25, 0.3) is 0 Å². The van der Waals surface area contributed by atoms with Gasteiger partial charge in [-0.25, -0.2) is 4.99 Å². The van der Waals surface area contributed by atoms with Crippen LogP contribution in [0.5, 0.6) is 0 Å². The van der Waals surface area contributed by atoms with Crippen LogP contribution in [-0.4, -0.2) is 31.0 Å². The number of alkyl halides is 1. The highest BCUT2D eigenvalue weighted by Crippen LogP contribution is 2.01. The summed E-state index contributed by atoms with van der Waals surface area (Å²) in [6.45, 7) is 0. The van der Waals surface area contributed by atoms with Gasteiger partial charge in [-0.2, -0.15) is 0 Å². The van der Waals surface area contributed by atoms with E-state index in [1.54, 1.807) is 12.5 Å². The van der Waals surface area contributed by atoms with E-state index in [9.17, 15) is 0 Å². The predicted octanol–water partition coefficient (Wildman–Crippen LogP) is 0.647. The number of nitrogens with zero attached hydrogens (tertiary/aromatic N) is 2. The molecule has 1 heterocycles. The van der Waals surface area contributed by atoms with Crippen molar-refractivity contribution in [3.8, 4) is 0 Å². The summed E-state index contributed by atoms with van der Waals surface area (Å²) < 4.78 is 0. The average molecular weight is 201 g/mol. The van der Waals surface area contributed by atoms with Gasteiger partial charge >= 0.3 is 0 Å². The quantitative estimate of drug-likeness (QED) is 0.482. The largest absolute Gasteiger partial charge is 0.364 e. The number of aliphatic imine (C=N–C) groups is 1. The molecule has 0 saturated heterocycles. The zero-order chi connectivity index (χ0) is 9.68. The van der Waals surface area contributed by atoms with Gasteiger partial charge in [-0.1, -0.05) is 11.6 Å². The Balaban J connectivity index is 2.74. The molecule has 4 nitrogen and oxygen atoms in total. The maximum Gasteiger partial charge on any atom is 0.198 e. The molecular formula is C8H13ClN4. The second kappa shape index (κ2) is 4.77. The van der Waals surface area contributed by atoms with Gasteiger partial charge in [-0.3, -0.25) is 0 Å². The third-order valence-corrected chi connectivity index (χ3v) is 1.70. The number of allylic oxidation sites excluding steroid dienone is 2. The van der Waals surface area contributed by atoms with Gasteiger partial charge in [-0.15, -0.1) is 0 Å². The first-order valence-corrected chi connectivity index (χ1v) is 4.36. The van der Waals surface area contributed by atoms with Crippen LogP contribution in [0.25, 0.3) is 0 Å². The van der Waals surface area contributed by atoms with Crippen LogP contribution in [0.2, 0.25) is 0 Å². The molecule has 13 heavy (non-hydrogen) atoms. The molecule has 1 atom stereocenters. The van der Waals surface area contributed by atoms with Crippen molar-refractivity contribution in [3.63, 3.8) is 0 Å². The van der Waals surface area contributed by atoms with Gasteiger partial charge in [0.15, 0.2) is 5.62 Å². The van der Waals surface area contributed by atoms with Gasteiger partial charge < -0.3 is 15.5 Å². The summed E-state index contributed by atoms with van der Waals surface area (Å²) in [6, 6.07) is 0. The van der Waals surface area contributed by atoms with Crippen molar-refractivity contribution < 1.29 is 0 Å². The highest BCUT2D eigenvalue weighted by atomic mass is 35.5. The first-order chi connectivity index (χ1) is 6.20. The van der Waals surface area contributed by atoms with E-state index in [-0.39, 0.29) is 0 Å². The zero-order valence-electron chi connectivity index (χ0n) is 7.66. The normalized spacial score (nSPS) is 28.2. The molecule has 1 aliphatic rings. The third kappa shape index (κ3) is 3.38. The topological polar surface area (TPSA) is 39.7 Å². The van der Waals surface area contributed by atoms with Crippen LogP contribution in [0.15, 0.2) is 29.2 Å². The smallest absolute Gasteiger partial charge is 0.198 e. The zero-order valence-corrected chi connectivity index (χ0v) is 8.42. The van der Waals surface area contributed by atoms with Crippen molar-refractivity contribution in [1.29, 1.82) is 0 Å². The molecule has 1 unspecified atom stereocenters. The molecule has 0 aliphatic carbocycles. The molecule has 0 spiro atoms. The summed E-state index contributed by atoms with van der Waals surface area (Å²) in [6.07, 6.45) is 7.12. The lowest BCUT2D eigenvalue weighted by atomic mass is 10.5. The van der Waals surface area contributed by atoms with E-state index in [0.29, 0.717) is 0 Å². The first-order valence-electron chi connectivity index (χ1n) is 3.92.